The Kier molecular flexibility index (Phi) is 4.80. The van der Waals surface area contributed by atoms with Crippen molar-refractivity contribution in [1.29, 1.82) is 0 Å². The zero-order chi connectivity index (χ0) is 15.6. The number of hydrogen-bond acceptors (Lipinski definition) is 4. The SMILES string of the molecule is Cc1ccc(C(C)Nc2cnc(Cl)c(Br)c2)cc1[N+](=O)[O-]. The molecule has 0 amide bonds. The van der Waals surface area contributed by atoms with E-state index >= 15 is 0 Å². The molecular formula is C14H13BrClN3O2. The van der Waals surface area contributed by atoms with Crippen molar-refractivity contribution in [2.24, 2.45) is 0 Å². The lowest BCUT2D eigenvalue weighted by atomic mass is 10.0. The van der Waals surface area contributed by atoms with Gasteiger partial charge in [0, 0.05) is 17.7 Å². The van der Waals surface area contributed by atoms with E-state index in [0.29, 0.717) is 15.2 Å². The molecule has 1 unspecified atom stereocenters. The zero-order valence-electron chi connectivity index (χ0n) is 11.4. The van der Waals surface area contributed by atoms with Crippen molar-refractivity contribution >= 4 is 38.9 Å². The normalized spacial score (nSPS) is 12.0. The van der Waals surface area contributed by atoms with Crippen LogP contribution in [0.3, 0.4) is 0 Å². The Bertz CT molecular complexity index is 694. The summed E-state index contributed by atoms with van der Waals surface area (Å²) in [6, 6.07) is 6.93. The minimum atomic E-state index is -0.369. The molecule has 0 aliphatic carbocycles. The number of rotatable bonds is 4. The molecule has 21 heavy (non-hydrogen) atoms. The second kappa shape index (κ2) is 6.41. The van der Waals surface area contributed by atoms with Gasteiger partial charge in [0.2, 0.25) is 0 Å². The van der Waals surface area contributed by atoms with Gasteiger partial charge in [0.05, 0.1) is 21.3 Å². The number of nitrogens with one attached hydrogen (secondary N) is 1. The fourth-order valence-electron chi connectivity index (χ4n) is 1.93. The summed E-state index contributed by atoms with van der Waals surface area (Å²) < 4.78 is 0.691. The van der Waals surface area contributed by atoms with Crippen LogP contribution in [0.4, 0.5) is 11.4 Å². The second-order valence-electron chi connectivity index (χ2n) is 4.67. The molecule has 1 aromatic carbocycles. The van der Waals surface area contributed by atoms with E-state index in [-0.39, 0.29) is 16.7 Å². The van der Waals surface area contributed by atoms with Gasteiger partial charge in [-0.1, -0.05) is 23.7 Å². The van der Waals surface area contributed by atoms with Crippen molar-refractivity contribution in [1.82, 2.24) is 4.98 Å². The lowest BCUT2D eigenvalue weighted by molar-refractivity contribution is -0.385. The Hall–Kier alpha value is -1.66. The highest BCUT2D eigenvalue weighted by Gasteiger charge is 2.14. The maximum absolute atomic E-state index is 11.0. The molecule has 0 spiro atoms. The van der Waals surface area contributed by atoms with Crippen LogP contribution in [0.15, 0.2) is 34.9 Å². The molecule has 110 valence electrons. The molecule has 0 fully saturated rings. The highest BCUT2D eigenvalue weighted by Crippen LogP contribution is 2.28. The molecular weight excluding hydrogens is 358 g/mol. The van der Waals surface area contributed by atoms with Crippen LogP contribution in [-0.2, 0) is 0 Å². The minimum Gasteiger partial charge on any atom is -0.377 e. The fourth-order valence-corrected chi connectivity index (χ4v) is 2.38. The first kappa shape index (κ1) is 15.7. The summed E-state index contributed by atoms with van der Waals surface area (Å²) in [4.78, 5) is 14.7. The van der Waals surface area contributed by atoms with Crippen molar-refractivity contribution in [3.05, 3.63) is 61.3 Å². The monoisotopic (exact) mass is 369 g/mol. The van der Waals surface area contributed by atoms with Crippen molar-refractivity contribution in [2.75, 3.05) is 5.32 Å². The van der Waals surface area contributed by atoms with Crippen molar-refractivity contribution < 1.29 is 4.92 Å². The van der Waals surface area contributed by atoms with Crippen molar-refractivity contribution in [2.45, 2.75) is 19.9 Å². The number of halogens is 2. The first-order valence-electron chi connectivity index (χ1n) is 6.21. The average Bonchev–Trinajstić information content (AvgIpc) is 2.43. The second-order valence-corrected chi connectivity index (χ2v) is 5.88. The number of nitro groups is 1. The van der Waals surface area contributed by atoms with Crippen LogP contribution in [0, 0.1) is 17.0 Å². The van der Waals surface area contributed by atoms with Crippen molar-refractivity contribution in [3.63, 3.8) is 0 Å². The summed E-state index contributed by atoms with van der Waals surface area (Å²) in [5, 5.41) is 14.6. The number of aromatic nitrogens is 1. The molecule has 0 radical (unpaired) electrons. The number of benzene rings is 1. The Balaban J connectivity index is 2.23. The topological polar surface area (TPSA) is 68.1 Å². The van der Waals surface area contributed by atoms with E-state index in [1.54, 1.807) is 25.3 Å². The van der Waals surface area contributed by atoms with Gasteiger partial charge in [-0.25, -0.2) is 4.98 Å². The molecule has 0 saturated carbocycles. The van der Waals surface area contributed by atoms with Crippen LogP contribution >= 0.6 is 27.5 Å². The Morgan fingerprint density at radius 3 is 2.76 bits per heavy atom. The zero-order valence-corrected chi connectivity index (χ0v) is 13.8. The third-order valence-electron chi connectivity index (χ3n) is 3.11. The lowest BCUT2D eigenvalue weighted by Gasteiger charge is -2.16. The minimum absolute atomic E-state index is 0.0980. The summed E-state index contributed by atoms with van der Waals surface area (Å²) >= 11 is 9.16. The molecule has 0 bridgehead atoms. The summed E-state index contributed by atoms with van der Waals surface area (Å²) in [5.74, 6) is 0. The Labute approximate surface area is 135 Å². The number of pyridine rings is 1. The molecule has 1 heterocycles. The van der Waals surface area contributed by atoms with E-state index in [1.165, 1.54) is 0 Å². The molecule has 0 aliphatic heterocycles. The molecule has 0 saturated heterocycles. The van der Waals surface area contributed by atoms with Gasteiger partial charge in [-0.2, -0.15) is 0 Å². The summed E-state index contributed by atoms with van der Waals surface area (Å²) in [5.41, 5.74) is 2.38. The number of hydrogen-bond donors (Lipinski definition) is 1. The number of nitro benzene ring substituents is 1. The molecule has 5 nitrogen and oxygen atoms in total. The number of nitrogens with zero attached hydrogens (tertiary/aromatic N) is 2. The Morgan fingerprint density at radius 1 is 1.43 bits per heavy atom. The molecule has 1 atom stereocenters. The molecule has 1 N–H and O–H groups in total. The number of aryl methyl sites for hydroxylation is 1. The molecule has 2 aromatic rings. The smallest absolute Gasteiger partial charge is 0.272 e. The van der Waals surface area contributed by atoms with Gasteiger partial charge in [0.25, 0.3) is 5.69 Å². The van der Waals surface area contributed by atoms with Crippen LogP contribution in [0.25, 0.3) is 0 Å². The van der Waals surface area contributed by atoms with Gasteiger partial charge in [0.1, 0.15) is 5.15 Å². The first-order chi connectivity index (χ1) is 9.88. The third kappa shape index (κ3) is 3.71. The van der Waals surface area contributed by atoms with Crippen LogP contribution in [0.1, 0.15) is 24.1 Å². The van der Waals surface area contributed by atoms with E-state index in [1.807, 2.05) is 19.1 Å². The van der Waals surface area contributed by atoms with E-state index in [4.69, 9.17) is 11.6 Å². The summed E-state index contributed by atoms with van der Waals surface area (Å²) in [6.45, 7) is 3.65. The molecule has 0 aliphatic rings. The van der Waals surface area contributed by atoms with E-state index in [2.05, 4.69) is 26.2 Å². The van der Waals surface area contributed by atoms with Crippen LogP contribution in [0.2, 0.25) is 5.15 Å². The van der Waals surface area contributed by atoms with Crippen LogP contribution in [0.5, 0.6) is 0 Å². The highest BCUT2D eigenvalue weighted by molar-refractivity contribution is 9.10. The predicted octanol–water partition coefficient (Wildman–Crippen LogP) is 4.89. The highest BCUT2D eigenvalue weighted by atomic mass is 79.9. The van der Waals surface area contributed by atoms with Gasteiger partial charge < -0.3 is 5.32 Å². The average molecular weight is 371 g/mol. The van der Waals surface area contributed by atoms with Gasteiger partial charge in [-0.3, -0.25) is 10.1 Å². The van der Waals surface area contributed by atoms with E-state index < -0.39 is 0 Å². The van der Waals surface area contributed by atoms with Gasteiger partial charge in [0.15, 0.2) is 0 Å². The lowest BCUT2D eigenvalue weighted by Crippen LogP contribution is -2.07. The van der Waals surface area contributed by atoms with Crippen LogP contribution < -0.4 is 5.32 Å². The third-order valence-corrected chi connectivity index (χ3v) is 4.24. The van der Waals surface area contributed by atoms with E-state index in [9.17, 15) is 10.1 Å². The fraction of sp³-hybridized carbons (Fsp3) is 0.214. The largest absolute Gasteiger partial charge is 0.377 e. The molecule has 1 aromatic heterocycles. The van der Waals surface area contributed by atoms with E-state index in [0.717, 1.165) is 11.3 Å². The van der Waals surface area contributed by atoms with Gasteiger partial charge in [-0.05, 0) is 41.4 Å². The molecule has 7 heteroatoms. The maximum Gasteiger partial charge on any atom is 0.272 e. The van der Waals surface area contributed by atoms with Crippen molar-refractivity contribution in [3.8, 4) is 0 Å². The number of anilines is 1. The first-order valence-corrected chi connectivity index (χ1v) is 7.38. The molecule has 2 rings (SSSR count). The Morgan fingerprint density at radius 2 is 2.14 bits per heavy atom. The standard InChI is InChI=1S/C14H13BrClN3O2/c1-8-3-4-10(5-13(8)19(20)21)9(2)18-11-6-12(15)14(16)17-7-11/h3-7,9,18H,1-2H3. The quantitative estimate of drug-likeness (QED) is 0.473. The maximum atomic E-state index is 11.0. The van der Waals surface area contributed by atoms with Gasteiger partial charge in [-0.15, -0.1) is 0 Å². The van der Waals surface area contributed by atoms with Crippen LogP contribution in [-0.4, -0.2) is 9.91 Å². The summed E-state index contributed by atoms with van der Waals surface area (Å²) in [7, 11) is 0. The summed E-state index contributed by atoms with van der Waals surface area (Å²) in [6.07, 6.45) is 1.62. The van der Waals surface area contributed by atoms with Gasteiger partial charge >= 0.3 is 0 Å². The predicted molar refractivity (Wildman–Crippen MR) is 86.8 cm³/mol.